The molecule has 1 atom stereocenters. The Hall–Kier alpha value is -1.46. The van der Waals surface area contributed by atoms with E-state index >= 15 is 0 Å². The lowest BCUT2D eigenvalue weighted by Crippen LogP contribution is -2.48. The van der Waals surface area contributed by atoms with E-state index in [9.17, 15) is 10.1 Å². The molecule has 1 aromatic rings. The van der Waals surface area contributed by atoms with Gasteiger partial charge in [0.2, 0.25) is 5.91 Å². The van der Waals surface area contributed by atoms with Crippen LogP contribution >= 0.6 is 11.3 Å². The molecule has 1 unspecified atom stereocenters. The maximum absolute atomic E-state index is 12.1. The van der Waals surface area contributed by atoms with Gasteiger partial charge in [-0.1, -0.05) is 0 Å². The molecular weight excluding hydrogens is 288 g/mol. The third-order valence-corrected chi connectivity index (χ3v) is 4.73. The fourth-order valence-electron chi connectivity index (χ4n) is 2.29. The number of nitrogens with one attached hydrogen (secondary N) is 1. The molecule has 1 saturated heterocycles. The minimum absolute atomic E-state index is 0.00699. The summed E-state index contributed by atoms with van der Waals surface area (Å²) < 4.78 is 5.47. The van der Waals surface area contributed by atoms with Crippen LogP contribution in [0, 0.1) is 25.2 Å². The van der Waals surface area contributed by atoms with Crippen molar-refractivity contribution in [1.82, 2.24) is 4.90 Å². The van der Waals surface area contributed by atoms with Crippen LogP contribution in [0.25, 0.3) is 0 Å². The van der Waals surface area contributed by atoms with Crippen molar-refractivity contribution in [2.45, 2.75) is 20.0 Å². The Labute approximate surface area is 128 Å². The topological polar surface area (TPSA) is 91.4 Å². The van der Waals surface area contributed by atoms with E-state index in [0.29, 0.717) is 36.8 Å². The quantitative estimate of drug-likeness (QED) is 0.860. The molecule has 0 aliphatic carbocycles. The molecule has 2 heterocycles. The summed E-state index contributed by atoms with van der Waals surface area (Å²) in [5.41, 5.74) is 7.09. The summed E-state index contributed by atoms with van der Waals surface area (Å²) in [7, 11) is 0. The molecule has 114 valence electrons. The van der Waals surface area contributed by atoms with E-state index in [1.54, 1.807) is 0 Å². The summed E-state index contributed by atoms with van der Waals surface area (Å²) in [5.74, 6) is -0.106. The zero-order valence-electron chi connectivity index (χ0n) is 12.3. The molecule has 1 amide bonds. The van der Waals surface area contributed by atoms with Gasteiger partial charge in [0.25, 0.3) is 0 Å². The molecule has 0 aromatic carbocycles. The van der Waals surface area contributed by atoms with E-state index in [4.69, 9.17) is 10.5 Å². The zero-order chi connectivity index (χ0) is 15.4. The average molecular weight is 308 g/mol. The molecule has 21 heavy (non-hydrogen) atoms. The molecule has 3 N–H and O–H groups in total. The predicted molar refractivity (Wildman–Crippen MR) is 82.4 cm³/mol. The van der Waals surface area contributed by atoms with Gasteiger partial charge in [-0.2, -0.15) is 5.26 Å². The van der Waals surface area contributed by atoms with Crippen LogP contribution in [-0.4, -0.2) is 49.7 Å². The minimum Gasteiger partial charge on any atom is -0.374 e. The summed E-state index contributed by atoms with van der Waals surface area (Å²) >= 11 is 1.44. The van der Waals surface area contributed by atoms with E-state index in [1.807, 2.05) is 18.7 Å². The summed E-state index contributed by atoms with van der Waals surface area (Å²) in [6.45, 7) is 6.57. The van der Waals surface area contributed by atoms with Crippen LogP contribution in [0.3, 0.4) is 0 Å². The summed E-state index contributed by atoms with van der Waals surface area (Å²) in [4.78, 5) is 15.2. The molecular formula is C14H20N4O2S. The number of ether oxygens (including phenoxy) is 1. The Morgan fingerprint density at radius 3 is 3.05 bits per heavy atom. The van der Waals surface area contributed by atoms with Crippen molar-refractivity contribution in [1.29, 1.82) is 5.26 Å². The van der Waals surface area contributed by atoms with Gasteiger partial charge >= 0.3 is 0 Å². The first-order chi connectivity index (χ1) is 10.0. The molecule has 1 aliphatic heterocycles. The number of hydrogen-bond donors (Lipinski definition) is 2. The summed E-state index contributed by atoms with van der Waals surface area (Å²) in [6, 6.07) is 2.16. The predicted octanol–water partition coefficient (Wildman–Crippen LogP) is 0.835. The average Bonchev–Trinajstić information content (AvgIpc) is 2.73. The number of amides is 1. The van der Waals surface area contributed by atoms with Gasteiger partial charge in [-0.05, 0) is 19.4 Å². The first-order valence-electron chi connectivity index (χ1n) is 6.89. The highest BCUT2D eigenvalue weighted by molar-refractivity contribution is 7.16. The van der Waals surface area contributed by atoms with Crippen LogP contribution in [-0.2, 0) is 9.53 Å². The van der Waals surface area contributed by atoms with Gasteiger partial charge in [-0.15, -0.1) is 11.3 Å². The molecule has 0 spiro atoms. The summed E-state index contributed by atoms with van der Waals surface area (Å²) in [6.07, 6.45) is -0.00699. The van der Waals surface area contributed by atoms with Crippen molar-refractivity contribution < 1.29 is 9.53 Å². The zero-order valence-corrected chi connectivity index (χ0v) is 13.1. The fourth-order valence-corrected chi connectivity index (χ4v) is 3.31. The SMILES string of the molecule is Cc1sc(NC(=O)CN2CCOC(CN)C2)c(C#N)c1C. The van der Waals surface area contributed by atoms with Gasteiger partial charge in [0, 0.05) is 24.5 Å². The highest BCUT2D eigenvalue weighted by atomic mass is 32.1. The van der Waals surface area contributed by atoms with Crippen molar-refractivity contribution in [3.8, 4) is 6.07 Å². The van der Waals surface area contributed by atoms with E-state index in [0.717, 1.165) is 17.0 Å². The lowest BCUT2D eigenvalue weighted by atomic mass is 10.2. The Kier molecular flexibility index (Phi) is 5.31. The summed E-state index contributed by atoms with van der Waals surface area (Å²) in [5, 5.41) is 12.7. The fraction of sp³-hybridized carbons (Fsp3) is 0.571. The number of morpholine rings is 1. The lowest BCUT2D eigenvalue weighted by Gasteiger charge is -2.31. The number of hydrogen-bond acceptors (Lipinski definition) is 6. The van der Waals surface area contributed by atoms with E-state index in [2.05, 4.69) is 11.4 Å². The van der Waals surface area contributed by atoms with Crippen LogP contribution in [0.1, 0.15) is 16.0 Å². The van der Waals surface area contributed by atoms with Gasteiger partial charge < -0.3 is 15.8 Å². The van der Waals surface area contributed by atoms with Gasteiger partial charge in [-0.3, -0.25) is 9.69 Å². The van der Waals surface area contributed by atoms with Gasteiger partial charge in [-0.25, -0.2) is 0 Å². The van der Waals surface area contributed by atoms with E-state index < -0.39 is 0 Å². The van der Waals surface area contributed by atoms with E-state index in [1.165, 1.54) is 11.3 Å². The van der Waals surface area contributed by atoms with Crippen molar-refractivity contribution in [3.63, 3.8) is 0 Å². The molecule has 1 fully saturated rings. The number of carbonyl (C=O) groups excluding carboxylic acids is 1. The number of anilines is 1. The van der Waals surface area contributed by atoms with E-state index in [-0.39, 0.29) is 12.0 Å². The Morgan fingerprint density at radius 2 is 2.38 bits per heavy atom. The molecule has 0 radical (unpaired) electrons. The number of nitrogens with zero attached hydrogens (tertiary/aromatic N) is 2. The standard InChI is InChI=1S/C14H20N4O2S/c1-9-10(2)21-14(12(9)6-16)17-13(19)8-18-3-4-20-11(5-15)7-18/h11H,3-5,7-8,15H2,1-2H3,(H,17,19). The number of rotatable bonds is 4. The number of nitriles is 1. The third kappa shape index (κ3) is 3.80. The molecule has 6 nitrogen and oxygen atoms in total. The smallest absolute Gasteiger partial charge is 0.239 e. The second kappa shape index (κ2) is 7.00. The van der Waals surface area contributed by atoms with Crippen molar-refractivity contribution in [2.75, 3.05) is 38.1 Å². The Morgan fingerprint density at radius 1 is 1.62 bits per heavy atom. The van der Waals surface area contributed by atoms with Crippen molar-refractivity contribution >= 4 is 22.2 Å². The highest BCUT2D eigenvalue weighted by Gasteiger charge is 2.22. The van der Waals surface area contributed by atoms with Crippen LogP contribution in [0.4, 0.5) is 5.00 Å². The van der Waals surface area contributed by atoms with Crippen LogP contribution in [0.15, 0.2) is 0 Å². The molecule has 0 saturated carbocycles. The molecule has 1 aliphatic rings. The minimum atomic E-state index is -0.106. The van der Waals surface area contributed by atoms with Crippen molar-refractivity contribution in [2.24, 2.45) is 5.73 Å². The lowest BCUT2D eigenvalue weighted by molar-refractivity contribution is -0.119. The monoisotopic (exact) mass is 308 g/mol. The second-order valence-corrected chi connectivity index (χ2v) is 6.34. The number of carbonyl (C=O) groups is 1. The molecule has 1 aromatic heterocycles. The molecule has 0 bridgehead atoms. The molecule has 7 heteroatoms. The Balaban J connectivity index is 1.96. The second-order valence-electron chi connectivity index (χ2n) is 5.11. The largest absolute Gasteiger partial charge is 0.374 e. The number of aryl methyl sites for hydroxylation is 1. The van der Waals surface area contributed by atoms with Crippen LogP contribution in [0.2, 0.25) is 0 Å². The highest BCUT2D eigenvalue weighted by Crippen LogP contribution is 2.31. The maximum Gasteiger partial charge on any atom is 0.239 e. The maximum atomic E-state index is 12.1. The molecule has 2 rings (SSSR count). The Bertz CT molecular complexity index is 564. The van der Waals surface area contributed by atoms with Crippen LogP contribution < -0.4 is 11.1 Å². The first kappa shape index (κ1) is 15.9. The number of thiophene rings is 1. The van der Waals surface area contributed by atoms with Crippen molar-refractivity contribution in [3.05, 3.63) is 16.0 Å². The van der Waals surface area contributed by atoms with Gasteiger partial charge in [0.05, 0.1) is 24.8 Å². The normalized spacial score (nSPS) is 19.2. The van der Waals surface area contributed by atoms with Gasteiger partial charge in [0.15, 0.2) is 0 Å². The number of nitrogens with two attached hydrogens (primary N) is 1. The van der Waals surface area contributed by atoms with Gasteiger partial charge in [0.1, 0.15) is 11.1 Å². The first-order valence-corrected chi connectivity index (χ1v) is 7.70. The third-order valence-electron chi connectivity index (χ3n) is 3.60. The van der Waals surface area contributed by atoms with Crippen LogP contribution in [0.5, 0.6) is 0 Å².